The molecule has 2 amide bonds. The maximum Gasteiger partial charge on any atom is 0.409 e. The number of nitrogens with one attached hydrogen (secondary N) is 3. The Labute approximate surface area is 147 Å². The molecule has 0 aliphatic carbocycles. The second-order valence-corrected chi connectivity index (χ2v) is 6.57. The van der Waals surface area contributed by atoms with Crippen molar-refractivity contribution in [3.8, 4) is 0 Å². The smallest absolute Gasteiger partial charge is 0.409 e. The highest BCUT2D eigenvalue weighted by atomic mass is 35.5. The zero-order chi connectivity index (χ0) is 17.5. The summed E-state index contributed by atoms with van der Waals surface area (Å²) in [5.74, 6) is -0.282. The van der Waals surface area contributed by atoms with E-state index in [1.54, 1.807) is 36.4 Å². The van der Waals surface area contributed by atoms with Crippen LogP contribution in [0.15, 0.2) is 36.4 Å². The SMILES string of the molecule is O=C(O)Nc1ccc(NCC(O)CNC(=O)c2ccc(Cl)s2)cc1. The number of carbonyl (C=O) groups excluding carboxylic acids is 1. The number of thiophene rings is 1. The van der Waals surface area contributed by atoms with Crippen molar-refractivity contribution < 1.29 is 19.8 Å². The van der Waals surface area contributed by atoms with Crippen LogP contribution in [0.2, 0.25) is 4.34 Å². The zero-order valence-corrected chi connectivity index (χ0v) is 14.0. The van der Waals surface area contributed by atoms with Gasteiger partial charge in [0.15, 0.2) is 0 Å². The standard InChI is InChI=1S/C15H16ClN3O4S/c16-13-6-5-12(24-13)14(21)18-8-11(20)7-17-9-1-3-10(4-2-9)19-15(22)23/h1-6,11,17,19-20H,7-8H2,(H,18,21)(H,22,23). The van der Waals surface area contributed by atoms with Crippen LogP contribution in [0.25, 0.3) is 0 Å². The van der Waals surface area contributed by atoms with E-state index in [9.17, 15) is 14.7 Å². The normalized spacial score (nSPS) is 11.6. The van der Waals surface area contributed by atoms with Crippen molar-refractivity contribution in [2.24, 2.45) is 0 Å². The Hall–Kier alpha value is -2.29. The van der Waals surface area contributed by atoms with Crippen molar-refractivity contribution in [3.63, 3.8) is 0 Å². The van der Waals surface area contributed by atoms with E-state index in [2.05, 4.69) is 16.0 Å². The Balaban J connectivity index is 1.73. The number of amides is 2. The van der Waals surface area contributed by atoms with Crippen LogP contribution in [0.4, 0.5) is 16.2 Å². The van der Waals surface area contributed by atoms with Crippen molar-refractivity contribution in [3.05, 3.63) is 45.6 Å². The molecule has 9 heteroatoms. The molecule has 0 saturated carbocycles. The molecule has 1 aromatic carbocycles. The minimum absolute atomic E-state index is 0.0972. The molecule has 0 aliphatic rings. The zero-order valence-electron chi connectivity index (χ0n) is 12.5. The average molecular weight is 370 g/mol. The molecule has 1 unspecified atom stereocenters. The van der Waals surface area contributed by atoms with Crippen molar-refractivity contribution in [2.45, 2.75) is 6.10 Å². The first kappa shape index (κ1) is 18.1. The number of benzene rings is 1. The summed E-state index contributed by atoms with van der Waals surface area (Å²) in [7, 11) is 0. The molecule has 2 aromatic rings. The molecule has 1 heterocycles. The van der Waals surface area contributed by atoms with Gasteiger partial charge in [-0.25, -0.2) is 4.79 Å². The van der Waals surface area contributed by atoms with E-state index < -0.39 is 12.2 Å². The summed E-state index contributed by atoms with van der Waals surface area (Å²) < 4.78 is 0.531. The first-order valence-electron chi connectivity index (χ1n) is 6.99. The molecular weight excluding hydrogens is 354 g/mol. The fourth-order valence-electron chi connectivity index (χ4n) is 1.84. The Kier molecular flexibility index (Phi) is 6.42. The maximum atomic E-state index is 11.8. The van der Waals surface area contributed by atoms with E-state index in [1.165, 1.54) is 11.3 Å². The summed E-state index contributed by atoms with van der Waals surface area (Å²) in [5, 5.41) is 26.3. The molecule has 5 N–H and O–H groups in total. The van der Waals surface area contributed by atoms with Crippen LogP contribution in [0.5, 0.6) is 0 Å². The molecular formula is C15H16ClN3O4S. The van der Waals surface area contributed by atoms with Gasteiger partial charge in [0.2, 0.25) is 0 Å². The van der Waals surface area contributed by atoms with E-state index in [0.29, 0.717) is 14.9 Å². The molecule has 2 rings (SSSR count). The highest BCUT2D eigenvalue weighted by Gasteiger charge is 2.11. The van der Waals surface area contributed by atoms with Crippen LogP contribution < -0.4 is 16.0 Å². The van der Waals surface area contributed by atoms with Gasteiger partial charge >= 0.3 is 6.09 Å². The summed E-state index contributed by atoms with van der Waals surface area (Å²) in [6, 6.07) is 9.84. The molecule has 0 fully saturated rings. The molecule has 0 spiro atoms. The van der Waals surface area contributed by atoms with Crippen molar-refractivity contribution >= 4 is 46.3 Å². The molecule has 1 atom stereocenters. The number of anilines is 2. The van der Waals surface area contributed by atoms with Crippen LogP contribution in [0.3, 0.4) is 0 Å². The van der Waals surface area contributed by atoms with Gasteiger partial charge in [-0.05, 0) is 36.4 Å². The molecule has 1 aromatic heterocycles. The van der Waals surface area contributed by atoms with Crippen LogP contribution in [0, 0.1) is 0 Å². The van der Waals surface area contributed by atoms with Crippen molar-refractivity contribution in [2.75, 3.05) is 23.7 Å². The summed E-state index contributed by atoms with van der Waals surface area (Å²) in [5.41, 5.74) is 1.18. The summed E-state index contributed by atoms with van der Waals surface area (Å²) >= 11 is 6.94. The number of aliphatic hydroxyl groups excluding tert-OH is 1. The number of hydrogen-bond donors (Lipinski definition) is 5. The highest BCUT2D eigenvalue weighted by Crippen LogP contribution is 2.21. The predicted molar refractivity (Wildman–Crippen MR) is 94.2 cm³/mol. The molecule has 0 saturated heterocycles. The van der Waals surface area contributed by atoms with E-state index >= 15 is 0 Å². The number of carboxylic acid groups (broad SMARTS) is 1. The third-order valence-corrected chi connectivity index (χ3v) is 4.20. The van der Waals surface area contributed by atoms with Gasteiger partial charge in [0.1, 0.15) is 0 Å². The second-order valence-electron chi connectivity index (χ2n) is 4.86. The van der Waals surface area contributed by atoms with Crippen LogP contribution in [-0.2, 0) is 0 Å². The minimum Gasteiger partial charge on any atom is -0.465 e. The van der Waals surface area contributed by atoms with Crippen molar-refractivity contribution in [1.82, 2.24) is 5.32 Å². The lowest BCUT2D eigenvalue weighted by Crippen LogP contribution is -2.35. The monoisotopic (exact) mass is 369 g/mol. The van der Waals surface area contributed by atoms with Crippen LogP contribution in [0.1, 0.15) is 9.67 Å². The fourth-order valence-corrected chi connectivity index (χ4v) is 2.80. The van der Waals surface area contributed by atoms with Gasteiger partial charge in [-0.2, -0.15) is 0 Å². The van der Waals surface area contributed by atoms with Gasteiger partial charge in [0, 0.05) is 24.5 Å². The molecule has 7 nitrogen and oxygen atoms in total. The van der Waals surface area contributed by atoms with E-state index in [4.69, 9.17) is 16.7 Å². The molecule has 0 radical (unpaired) electrons. The molecule has 0 bridgehead atoms. The topological polar surface area (TPSA) is 111 Å². The second kappa shape index (κ2) is 8.53. The molecule has 0 aliphatic heterocycles. The largest absolute Gasteiger partial charge is 0.465 e. The van der Waals surface area contributed by atoms with Crippen LogP contribution >= 0.6 is 22.9 Å². The van der Waals surface area contributed by atoms with Crippen molar-refractivity contribution in [1.29, 1.82) is 0 Å². The Morgan fingerprint density at radius 2 is 1.75 bits per heavy atom. The minimum atomic E-state index is -1.13. The van der Waals surface area contributed by atoms with Gasteiger partial charge in [0.05, 0.1) is 15.3 Å². The predicted octanol–water partition coefficient (Wildman–Crippen LogP) is 2.69. The summed E-state index contributed by atoms with van der Waals surface area (Å²) in [6.07, 6.45) is -1.91. The highest BCUT2D eigenvalue weighted by molar-refractivity contribution is 7.17. The maximum absolute atomic E-state index is 11.8. The number of halogens is 1. The number of aliphatic hydroxyl groups is 1. The van der Waals surface area contributed by atoms with Gasteiger partial charge in [0.25, 0.3) is 5.91 Å². The van der Waals surface area contributed by atoms with Gasteiger partial charge in [-0.3, -0.25) is 10.1 Å². The summed E-state index contributed by atoms with van der Waals surface area (Å²) in [6.45, 7) is 0.331. The van der Waals surface area contributed by atoms with Crippen LogP contribution in [-0.4, -0.2) is 41.4 Å². The Morgan fingerprint density at radius 3 is 2.33 bits per heavy atom. The lowest BCUT2D eigenvalue weighted by Gasteiger charge is -2.13. The molecule has 128 valence electrons. The van der Waals surface area contributed by atoms with E-state index in [1.807, 2.05) is 0 Å². The quantitative estimate of drug-likeness (QED) is 0.515. The van der Waals surface area contributed by atoms with Gasteiger partial charge in [-0.15, -0.1) is 11.3 Å². The Bertz CT molecular complexity index is 705. The third-order valence-electron chi connectivity index (χ3n) is 2.97. The van der Waals surface area contributed by atoms with E-state index in [-0.39, 0.29) is 19.0 Å². The van der Waals surface area contributed by atoms with E-state index in [0.717, 1.165) is 5.69 Å². The fraction of sp³-hybridized carbons (Fsp3) is 0.200. The number of rotatable bonds is 7. The first-order valence-corrected chi connectivity index (χ1v) is 8.19. The van der Waals surface area contributed by atoms with Gasteiger partial charge < -0.3 is 20.8 Å². The average Bonchev–Trinajstić information content (AvgIpc) is 2.98. The lowest BCUT2D eigenvalue weighted by atomic mass is 10.2. The number of carbonyl (C=O) groups is 2. The molecule has 24 heavy (non-hydrogen) atoms. The Morgan fingerprint density at radius 1 is 1.08 bits per heavy atom. The lowest BCUT2D eigenvalue weighted by molar-refractivity contribution is 0.0926. The third kappa shape index (κ3) is 5.73. The van der Waals surface area contributed by atoms with Gasteiger partial charge in [-0.1, -0.05) is 11.6 Å². The first-order chi connectivity index (χ1) is 11.4. The number of hydrogen-bond acceptors (Lipinski definition) is 5. The summed E-state index contributed by atoms with van der Waals surface area (Å²) in [4.78, 5) is 22.8.